The van der Waals surface area contributed by atoms with E-state index in [1.54, 1.807) is 0 Å². The van der Waals surface area contributed by atoms with Gasteiger partial charge in [-0.2, -0.15) is 0 Å². The Kier molecular flexibility index (Phi) is 5.15. The summed E-state index contributed by atoms with van der Waals surface area (Å²) in [5, 5.41) is 3.34. The topological polar surface area (TPSA) is 35.6 Å². The predicted molar refractivity (Wildman–Crippen MR) is 81.8 cm³/mol. The third-order valence-electron chi connectivity index (χ3n) is 3.85. The maximum atomic E-state index is 12.6. The van der Waals surface area contributed by atoms with Crippen LogP contribution in [0.15, 0.2) is 24.3 Å². The van der Waals surface area contributed by atoms with Crippen molar-refractivity contribution in [3.05, 3.63) is 35.4 Å². The van der Waals surface area contributed by atoms with E-state index in [9.17, 15) is 4.79 Å². The molecule has 0 atom stereocenters. The molecule has 1 amide bonds. The molecule has 0 spiro atoms. The van der Waals surface area contributed by atoms with Gasteiger partial charge in [0, 0.05) is 25.2 Å². The van der Waals surface area contributed by atoms with E-state index >= 15 is 0 Å². The number of nitrogens with zero attached hydrogens (tertiary/aromatic N) is 2. The molecule has 1 aromatic rings. The molecule has 1 fully saturated rings. The molecule has 0 radical (unpaired) electrons. The van der Waals surface area contributed by atoms with Crippen LogP contribution in [-0.4, -0.2) is 56.0 Å². The minimum atomic E-state index is 0.137. The lowest BCUT2D eigenvalue weighted by atomic mass is 10.0. The molecule has 2 rings (SSSR count). The van der Waals surface area contributed by atoms with E-state index in [1.165, 1.54) is 5.56 Å². The molecule has 0 bridgehead atoms. The van der Waals surface area contributed by atoms with Gasteiger partial charge in [-0.15, -0.1) is 0 Å². The number of rotatable bonds is 4. The van der Waals surface area contributed by atoms with E-state index in [0.717, 1.165) is 38.0 Å². The molecular weight excluding hydrogens is 250 g/mol. The van der Waals surface area contributed by atoms with Gasteiger partial charge in [-0.1, -0.05) is 12.1 Å². The monoisotopic (exact) mass is 275 g/mol. The molecular formula is C16H25N3O. The van der Waals surface area contributed by atoms with Gasteiger partial charge < -0.3 is 15.1 Å². The number of carbonyl (C=O) groups is 1. The zero-order chi connectivity index (χ0) is 14.5. The molecule has 20 heavy (non-hydrogen) atoms. The molecule has 1 heterocycles. The van der Waals surface area contributed by atoms with Crippen molar-refractivity contribution in [1.29, 1.82) is 0 Å². The SMILES string of the molecule is CN(C)Cc1cccc(C(=O)N(C)C2CCNCC2)c1. The molecule has 0 saturated carbocycles. The maximum Gasteiger partial charge on any atom is 0.253 e. The highest BCUT2D eigenvalue weighted by molar-refractivity contribution is 5.94. The molecule has 4 heteroatoms. The van der Waals surface area contributed by atoms with Crippen molar-refractivity contribution < 1.29 is 4.79 Å². The van der Waals surface area contributed by atoms with Crippen LogP contribution in [0.2, 0.25) is 0 Å². The van der Waals surface area contributed by atoms with Crippen molar-refractivity contribution in [2.24, 2.45) is 0 Å². The Bertz CT molecular complexity index is 453. The number of hydrogen-bond donors (Lipinski definition) is 1. The first kappa shape index (κ1) is 15.0. The van der Waals surface area contributed by atoms with Crippen LogP contribution in [0.1, 0.15) is 28.8 Å². The Labute approximate surface area is 121 Å². The molecule has 0 unspecified atom stereocenters. The lowest BCUT2D eigenvalue weighted by molar-refractivity contribution is 0.0703. The third kappa shape index (κ3) is 3.81. The molecule has 110 valence electrons. The summed E-state index contributed by atoms with van der Waals surface area (Å²) in [4.78, 5) is 16.6. The van der Waals surface area contributed by atoms with E-state index in [0.29, 0.717) is 6.04 Å². The average molecular weight is 275 g/mol. The largest absolute Gasteiger partial charge is 0.339 e. The molecule has 1 N–H and O–H groups in total. The average Bonchev–Trinajstić information content (AvgIpc) is 2.46. The molecule has 1 aliphatic rings. The number of amides is 1. The second-order valence-electron chi connectivity index (χ2n) is 5.84. The predicted octanol–water partition coefficient (Wildman–Crippen LogP) is 1.57. The van der Waals surface area contributed by atoms with E-state index in [-0.39, 0.29) is 5.91 Å². The van der Waals surface area contributed by atoms with Crippen molar-refractivity contribution in [1.82, 2.24) is 15.1 Å². The molecule has 0 aromatic heterocycles. The van der Waals surface area contributed by atoms with Crippen LogP contribution in [0.3, 0.4) is 0 Å². The van der Waals surface area contributed by atoms with Crippen LogP contribution in [-0.2, 0) is 6.54 Å². The van der Waals surface area contributed by atoms with Crippen LogP contribution in [0, 0.1) is 0 Å². The molecule has 0 aliphatic carbocycles. The highest BCUT2D eigenvalue weighted by atomic mass is 16.2. The summed E-state index contributed by atoms with van der Waals surface area (Å²) < 4.78 is 0. The highest BCUT2D eigenvalue weighted by Crippen LogP contribution is 2.15. The zero-order valence-electron chi connectivity index (χ0n) is 12.7. The minimum Gasteiger partial charge on any atom is -0.339 e. The van der Waals surface area contributed by atoms with Crippen LogP contribution < -0.4 is 5.32 Å². The molecule has 1 saturated heterocycles. The highest BCUT2D eigenvalue weighted by Gasteiger charge is 2.22. The number of nitrogens with one attached hydrogen (secondary N) is 1. The van der Waals surface area contributed by atoms with E-state index < -0.39 is 0 Å². The van der Waals surface area contributed by atoms with Crippen molar-refractivity contribution in [2.75, 3.05) is 34.2 Å². The maximum absolute atomic E-state index is 12.6. The van der Waals surface area contributed by atoms with Gasteiger partial charge in [-0.3, -0.25) is 4.79 Å². The zero-order valence-corrected chi connectivity index (χ0v) is 12.7. The quantitative estimate of drug-likeness (QED) is 0.906. The lowest BCUT2D eigenvalue weighted by Gasteiger charge is -2.31. The summed E-state index contributed by atoms with van der Waals surface area (Å²) >= 11 is 0. The second kappa shape index (κ2) is 6.86. The van der Waals surface area contributed by atoms with E-state index in [2.05, 4.69) is 16.3 Å². The lowest BCUT2D eigenvalue weighted by Crippen LogP contribution is -2.44. The normalized spacial score (nSPS) is 16.4. The van der Waals surface area contributed by atoms with Gasteiger partial charge in [0.25, 0.3) is 5.91 Å². The smallest absolute Gasteiger partial charge is 0.253 e. The standard InChI is InChI=1S/C16H25N3O/c1-18(2)12-13-5-4-6-14(11-13)16(20)19(3)15-7-9-17-10-8-15/h4-6,11,15,17H,7-10,12H2,1-3H3. The van der Waals surface area contributed by atoms with Gasteiger partial charge in [-0.05, 0) is 57.7 Å². The Morgan fingerprint density at radius 1 is 1.25 bits per heavy atom. The van der Waals surface area contributed by atoms with Gasteiger partial charge in [0.1, 0.15) is 0 Å². The van der Waals surface area contributed by atoms with E-state index in [1.807, 2.05) is 44.2 Å². The Hall–Kier alpha value is -1.39. The van der Waals surface area contributed by atoms with Gasteiger partial charge in [0.2, 0.25) is 0 Å². The molecule has 1 aromatic carbocycles. The van der Waals surface area contributed by atoms with Crippen molar-refractivity contribution in [3.63, 3.8) is 0 Å². The Morgan fingerprint density at radius 3 is 2.60 bits per heavy atom. The summed E-state index contributed by atoms with van der Waals surface area (Å²) in [6.07, 6.45) is 2.08. The Balaban J connectivity index is 2.07. The first-order chi connectivity index (χ1) is 9.58. The fourth-order valence-corrected chi connectivity index (χ4v) is 2.73. The van der Waals surface area contributed by atoms with Crippen LogP contribution >= 0.6 is 0 Å². The van der Waals surface area contributed by atoms with Gasteiger partial charge >= 0.3 is 0 Å². The van der Waals surface area contributed by atoms with Gasteiger partial charge in [0.05, 0.1) is 0 Å². The number of benzene rings is 1. The Morgan fingerprint density at radius 2 is 1.95 bits per heavy atom. The summed E-state index contributed by atoms with van der Waals surface area (Å²) in [6.45, 7) is 2.87. The van der Waals surface area contributed by atoms with Crippen molar-refractivity contribution in [3.8, 4) is 0 Å². The van der Waals surface area contributed by atoms with Crippen LogP contribution in [0.25, 0.3) is 0 Å². The van der Waals surface area contributed by atoms with Gasteiger partial charge in [0.15, 0.2) is 0 Å². The van der Waals surface area contributed by atoms with Crippen LogP contribution in [0.5, 0.6) is 0 Å². The van der Waals surface area contributed by atoms with Crippen LogP contribution in [0.4, 0.5) is 0 Å². The summed E-state index contributed by atoms with van der Waals surface area (Å²) in [7, 11) is 6.00. The minimum absolute atomic E-state index is 0.137. The molecule has 1 aliphatic heterocycles. The first-order valence-corrected chi connectivity index (χ1v) is 7.29. The van der Waals surface area contributed by atoms with E-state index in [4.69, 9.17) is 0 Å². The summed E-state index contributed by atoms with van der Waals surface area (Å²) in [5.74, 6) is 0.137. The van der Waals surface area contributed by atoms with Gasteiger partial charge in [-0.25, -0.2) is 0 Å². The fourth-order valence-electron chi connectivity index (χ4n) is 2.73. The third-order valence-corrected chi connectivity index (χ3v) is 3.85. The van der Waals surface area contributed by atoms with Crippen molar-refractivity contribution >= 4 is 5.91 Å². The molecule has 4 nitrogen and oxygen atoms in total. The second-order valence-corrected chi connectivity index (χ2v) is 5.84. The summed E-state index contributed by atoms with van der Waals surface area (Å²) in [5.41, 5.74) is 1.98. The number of carbonyl (C=O) groups excluding carboxylic acids is 1. The fraction of sp³-hybridized carbons (Fsp3) is 0.562. The first-order valence-electron chi connectivity index (χ1n) is 7.29. The summed E-state index contributed by atoms with van der Waals surface area (Å²) in [6, 6.07) is 8.34. The number of hydrogen-bond acceptors (Lipinski definition) is 3. The van der Waals surface area contributed by atoms with Crippen molar-refractivity contribution in [2.45, 2.75) is 25.4 Å². The number of piperidine rings is 1.